The molecule has 0 bridgehead atoms. The van der Waals surface area contributed by atoms with E-state index in [1.807, 2.05) is 6.07 Å². The second-order valence-electron chi connectivity index (χ2n) is 5.17. The van der Waals surface area contributed by atoms with Crippen molar-refractivity contribution in [3.8, 4) is 0 Å². The number of rotatable bonds is 2. The third-order valence-electron chi connectivity index (χ3n) is 3.70. The van der Waals surface area contributed by atoms with Crippen molar-refractivity contribution >= 4 is 11.9 Å². The van der Waals surface area contributed by atoms with Crippen LogP contribution in [0.4, 0.5) is 0 Å². The van der Waals surface area contributed by atoms with E-state index < -0.39 is 5.97 Å². The Hall–Kier alpha value is -2.63. The first-order valence-corrected chi connectivity index (χ1v) is 6.67. The summed E-state index contributed by atoms with van der Waals surface area (Å²) in [7, 11) is 1.77. The van der Waals surface area contributed by atoms with Gasteiger partial charge in [0.05, 0.1) is 17.3 Å². The highest BCUT2D eigenvalue weighted by Gasteiger charge is 2.23. The summed E-state index contributed by atoms with van der Waals surface area (Å²) in [5, 5.41) is 13.1. The monoisotopic (exact) mass is 285 g/mol. The molecule has 1 aliphatic heterocycles. The first-order valence-electron chi connectivity index (χ1n) is 6.67. The Morgan fingerprint density at radius 3 is 2.71 bits per heavy atom. The fourth-order valence-corrected chi connectivity index (χ4v) is 2.58. The first-order chi connectivity index (χ1) is 10.0. The number of nitrogens with zero attached hydrogens (tertiary/aromatic N) is 3. The molecule has 0 saturated carbocycles. The van der Waals surface area contributed by atoms with Crippen LogP contribution in [-0.4, -0.2) is 38.2 Å². The quantitative estimate of drug-likeness (QED) is 0.903. The zero-order valence-corrected chi connectivity index (χ0v) is 11.6. The van der Waals surface area contributed by atoms with Gasteiger partial charge in [0.15, 0.2) is 0 Å². The Balaban J connectivity index is 1.84. The highest BCUT2D eigenvalue weighted by molar-refractivity contribution is 5.94. The Morgan fingerprint density at radius 1 is 1.24 bits per heavy atom. The molecule has 21 heavy (non-hydrogen) atoms. The molecule has 0 unspecified atom stereocenters. The highest BCUT2D eigenvalue weighted by Crippen LogP contribution is 2.22. The number of aromatic nitrogens is 2. The number of aryl methyl sites for hydroxylation is 1. The lowest BCUT2D eigenvalue weighted by Gasteiger charge is -2.28. The van der Waals surface area contributed by atoms with E-state index >= 15 is 0 Å². The topological polar surface area (TPSA) is 75.4 Å². The number of carbonyl (C=O) groups is 2. The summed E-state index contributed by atoms with van der Waals surface area (Å²) >= 11 is 0. The van der Waals surface area contributed by atoms with Gasteiger partial charge in [0, 0.05) is 26.3 Å². The fourth-order valence-electron chi connectivity index (χ4n) is 2.58. The molecule has 1 N–H and O–H groups in total. The van der Waals surface area contributed by atoms with Crippen LogP contribution in [-0.2, 0) is 20.0 Å². The second-order valence-corrected chi connectivity index (χ2v) is 5.17. The van der Waals surface area contributed by atoms with Gasteiger partial charge in [-0.1, -0.05) is 6.07 Å². The minimum absolute atomic E-state index is 0.0746. The smallest absolute Gasteiger partial charge is 0.335 e. The molecule has 0 radical (unpaired) electrons. The van der Waals surface area contributed by atoms with Crippen LogP contribution in [0.15, 0.2) is 30.6 Å². The van der Waals surface area contributed by atoms with E-state index in [0.717, 1.165) is 17.5 Å². The minimum atomic E-state index is -0.950. The summed E-state index contributed by atoms with van der Waals surface area (Å²) < 4.78 is 1.59. The first kappa shape index (κ1) is 13.4. The molecule has 6 nitrogen and oxygen atoms in total. The van der Waals surface area contributed by atoms with Crippen molar-refractivity contribution in [2.24, 2.45) is 7.05 Å². The average molecular weight is 285 g/mol. The lowest BCUT2D eigenvalue weighted by atomic mass is 9.97. The molecule has 108 valence electrons. The maximum atomic E-state index is 12.4. The van der Waals surface area contributed by atoms with Gasteiger partial charge in [-0.05, 0) is 29.7 Å². The summed E-state index contributed by atoms with van der Waals surface area (Å²) in [5.74, 6) is -1.03. The van der Waals surface area contributed by atoms with E-state index in [9.17, 15) is 9.59 Å². The van der Waals surface area contributed by atoms with Crippen LogP contribution in [0.3, 0.4) is 0 Å². The number of fused-ring (bicyclic) bond motifs is 1. The van der Waals surface area contributed by atoms with Crippen LogP contribution in [0.1, 0.15) is 31.8 Å². The molecule has 3 rings (SSSR count). The molecule has 0 saturated heterocycles. The normalized spacial score (nSPS) is 13.9. The maximum Gasteiger partial charge on any atom is 0.335 e. The van der Waals surface area contributed by atoms with Gasteiger partial charge in [-0.3, -0.25) is 9.48 Å². The predicted octanol–water partition coefficient (Wildman–Crippen LogP) is 1.32. The molecule has 0 atom stereocenters. The molecule has 1 aliphatic rings. The lowest BCUT2D eigenvalue weighted by molar-refractivity contribution is 0.0696. The van der Waals surface area contributed by atoms with Gasteiger partial charge in [0.1, 0.15) is 0 Å². The Morgan fingerprint density at radius 2 is 2.05 bits per heavy atom. The molecule has 1 amide bonds. The van der Waals surface area contributed by atoms with Gasteiger partial charge in [0.2, 0.25) is 0 Å². The van der Waals surface area contributed by atoms with E-state index in [1.54, 1.807) is 41.2 Å². The SMILES string of the molecule is Cn1cc(C(=O)N2CCc3ccc(C(=O)O)cc3C2)cn1. The third-order valence-corrected chi connectivity index (χ3v) is 3.70. The third kappa shape index (κ3) is 2.52. The van der Waals surface area contributed by atoms with Crippen LogP contribution >= 0.6 is 0 Å². The largest absolute Gasteiger partial charge is 0.478 e. The molecule has 2 heterocycles. The molecule has 6 heteroatoms. The van der Waals surface area contributed by atoms with Crippen LogP contribution in [0.2, 0.25) is 0 Å². The van der Waals surface area contributed by atoms with Crippen LogP contribution in [0.25, 0.3) is 0 Å². The molecule has 0 aliphatic carbocycles. The van der Waals surface area contributed by atoms with E-state index in [1.165, 1.54) is 0 Å². The van der Waals surface area contributed by atoms with Crippen molar-refractivity contribution in [3.05, 3.63) is 52.8 Å². The van der Waals surface area contributed by atoms with Gasteiger partial charge < -0.3 is 10.0 Å². The van der Waals surface area contributed by atoms with Gasteiger partial charge in [-0.15, -0.1) is 0 Å². The van der Waals surface area contributed by atoms with E-state index in [0.29, 0.717) is 18.7 Å². The van der Waals surface area contributed by atoms with Gasteiger partial charge in [-0.25, -0.2) is 4.79 Å². The number of hydrogen-bond acceptors (Lipinski definition) is 3. The van der Waals surface area contributed by atoms with E-state index in [2.05, 4.69) is 5.10 Å². The van der Waals surface area contributed by atoms with E-state index in [-0.39, 0.29) is 11.5 Å². The van der Waals surface area contributed by atoms with Crippen molar-refractivity contribution < 1.29 is 14.7 Å². The molecule has 0 fully saturated rings. The maximum absolute atomic E-state index is 12.4. The number of carboxylic acid groups (broad SMARTS) is 1. The van der Waals surface area contributed by atoms with Crippen molar-refractivity contribution in [1.82, 2.24) is 14.7 Å². The molecular weight excluding hydrogens is 270 g/mol. The van der Waals surface area contributed by atoms with Gasteiger partial charge in [0.25, 0.3) is 5.91 Å². The number of carboxylic acids is 1. The van der Waals surface area contributed by atoms with Crippen molar-refractivity contribution in [1.29, 1.82) is 0 Å². The summed E-state index contributed by atoms with van der Waals surface area (Å²) in [6.45, 7) is 1.07. The number of amides is 1. The van der Waals surface area contributed by atoms with Crippen molar-refractivity contribution in [3.63, 3.8) is 0 Å². The predicted molar refractivity (Wildman–Crippen MR) is 75.1 cm³/mol. The number of aromatic carboxylic acids is 1. The zero-order chi connectivity index (χ0) is 15.0. The Labute approximate surface area is 121 Å². The lowest BCUT2D eigenvalue weighted by Crippen LogP contribution is -2.35. The second kappa shape index (κ2) is 5.05. The van der Waals surface area contributed by atoms with Gasteiger partial charge in [-0.2, -0.15) is 5.10 Å². The Kier molecular flexibility index (Phi) is 3.21. The average Bonchev–Trinajstić information content (AvgIpc) is 2.91. The van der Waals surface area contributed by atoms with Crippen LogP contribution in [0, 0.1) is 0 Å². The summed E-state index contributed by atoms with van der Waals surface area (Å²) in [6.07, 6.45) is 3.97. The van der Waals surface area contributed by atoms with Gasteiger partial charge >= 0.3 is 5.97 Å². The molecular formula is C15H15N3O3. The van der Waals surface area contributed by atoms with Crippen LogP contribution in [0.5, 0.6) is 0 Å². The minimum Gasteiger partial charge on any atom is -0.478 e. The molecule has 0 spiro atoms. The van der Waals surface area contributed by atoms with Crippen molar-refractivity contribution in [2.45, 2.75) is 13.0 Å². The van der Waals surface area contributed by atoms with E-state index in [4.69, 9.17) is 5.11 Å². The highest BCUT2D eigenvalue weighted by atomic mass is 16.4. The Bertz CT molecular complexity index is 721. The summed E-state index contributed by atoms with van der Waals surface area (Å²) in [6, 6.07) is 5.10. The van der Waals surface area contributed by atoms with Crippen molar-refractivity contribution in [2.75, 3.05) is 6.54 Å². The zero-order valence-electron chi connectivity index (χ0n) is 11.6. The number of benzene rings is 1. The summed E-state index contributed by atoms with van der Waals surface area (Å²) in [4.78, 5) is 25.2. The number of carbonyl (C=O) groups excluding carboxylic acids is 1. The number of hydrogen-bond donors (Lipinski definition) is 1. The molecule has 1 aromatic heterocycles. The van der Waals surface area contributed by atoms with Crippen LogP contribution < -0.4 is 0 Å². The molecule has 2 aromatic rings. The molecule has 1 aromatic carbocycles. The standard InChI is InChI=1S/C15H15N3O3/c1-17-8-13(7-16-17)14(19)18-5-4-10-2-3-11(15(20)21)6-12(10)9-18/h2-3,6-8H,4-5,9H2,1H3,(H,20,21). The fraction of sp³-hybridized carbons (Fsp3) is 0.267. The summed E-state index contributed by atoms with van der Waals surface area (Å²) in [5.41, 5.74) is 2.81.